The fourth-order valence-electron chi connectivity index (χ4n) is 3.11. The molecule has 1 heterocycles. The molecule has 1 N–H and O–H groups in total. The van der Waals surface area contributed by atoms with Crippen LogP contribution in [-0.2, 0) is 17.9 Å². The fourth-order valence-corrected chi connectivity index (χ4v) is 3.30. The zero-order valence-corrected chi connectivity index (χ0v) is 19.0. The predicted molar refractivity (Wildman–Crippen MR) is 123 cm³/mol. The molecule has 3 rings (SSSR count). The number of hydrazone groups is 1. The van der Waals surface area contributed by atoms with Gasteiger partial charge >= 0.3 is 5.69 Å². The minimum absolute atomic E-state index is 0.102. The van der Waals surface area contributed by atoms with Crippen LogP contribution >= 0.6 is 11.6 Å². The van der Waals surface area contributed by atoms with Crippen molar-refractivity contribution in [2.24, 2.45) is 5.10 Å². The van der Waals surface area contributed by atoms with Crippen molar-refractivity contribution in [1.82, 2.24) is 15.2 Å². The number of halogens is 1. The number of carbonyl (C=O) groups is 1. The van der Waals surface area contributed by atoms with E-state index in [0.717, 1.165) is 5.56 Å². The van der Waals surface area contributed by atoms with Crippen LogP contribution in [0.3, 0.4) is 0 Å². The van der Waals surface area contributed by atoms with Crippen LogP contribution in [0.5, 0.6) is 11.5 Å². The largest absolute Gasteiger partial charge is 0.493 e. The van der Waals surface area contributed by atoms with Gasteiger partial charge in [0.15, 0.2) is 11.5 Å². The maximum atomic E-state index is 12.2. The first-order chi connectivity index (χ1) is 15.8. The second-order valence-electron chi connectivity index (χ2n) is 7.02. The Morgan fingerprint density at radius 2 is 2.03 bits per heavy atom. The molecule has 3 aromatic rings. The molecule has 33 heavy (non-hydrogen) atoms. The van der Waals surface area contributed by atoms with E-state index in [1.165, 1.54) is 31.9 Å². The Kier molecular flexibility index (Phi) is 7.62. The molecule has 0 spiro atoms. The molecule has 2 aromatic carbocycles. The zero-order valence-electron chi connectivity index (χ0n) is 18.2. The van der Waals surface area contributed by atoms with E-state index in [4.69, 9.17) is 21.1 Å². The third-order valence-corrected chi connectivity index (χ3v) is 5.12. The lowest BCUT2D eigenvalue weighted by Crippen LogP contribution is -2.24. The Bertz CT molecular complexity index is 1210. The first kappa shape index (κ1) is 23.7. The van der Waals surface area contributed by atoms with Crippen molar-refractivity contribution in [3.05, 3.63) is 80.1 Å². The number of carbonyl (C=O) groups excluding carboxylic acids is 1. The van der Waals surface area contributed by atoms with Gasteiger partial charge in [-0.2, -0.15) is 10.2 Å². The lowest BCUT2D eigenvalue weighted by molar-refractivity contribution is -0.386. The average Bonchev–Trinajstić information content (AvgIpc) is 3.06. The van der Waals surface area contributed by atoms with Crippen molar-refractivity contribution in [3.63, 3.8) is 0 Å². The Morgan fingerprint density at radius 1 is 1.27 bits per heavy atom. The molecule has 0 unspecified atom stereocenters. The number of aromatic nitrogens is 2. The van der Waals surface area contributed by atoms with Crippen molar-refractivity contribution in [1.29, 1.82) is 0 Å². The Balaban J connectivity index is 1.61. The lowest BCUT2D eigenvalue weighted by atomic mass is 10.2. The van der Waals surface area contributed by atoms with Gasteiger partial charge in [0.2, 0.25) is 0 Å². The minimum Gasteiger partial charge on any atom is -0.493 e. The molecule has 0 saturated carbocycles. The zero-order chi connectivity index (χ0) is 24.0. The van der Waals surface area contributed by atoms with Gasteiger partial charge in [0, 0.05) is 10.6 Å². The summed E-state index contributed by atoms with van der Waals surface area (Å²) in [5.41, 5.74) is 4.34. The molecule has 1 aromatic heterocycles. The highest BCUT2D eigenvalue weighted by molar-refractivity contribution is 6.31. The third-order valence-electron chi connectivity index (χ3n) is 4.75. The van der Waals surface area contributed by atoms with Crippen LogP contribution in [0.2, 0.25) is 5.02 Å². The Morgan fingerprint density at radius 3 is 2.70 bits per heavy atom. The van der Waals surface area contributed by atoms with Crippen LogP contribution < -0.4 is 14.9 Å². The van der Waals surface area contributed by atoms with E-state index >= 15 is 0 Å². The van der Waals surface area contributed by atoms with Crippen LogP contribution in [0.25, 0.3) is 0 Å². The van der Waals surface area contributed by atoms with Gasteiger partial charge in [0.05, 0.1) is 18.2 Å². The highest BCUT2D eigenvalue weighted by atomic mass is 35.5. The van der Waals surface area contributed by atoms with Gasteiger partial charge in [-0.3, -0.25) is 19.6 Å². The average molecular weight is 472 g/mol. The van der Waals surface area contributed by atoms with Crippen molar-refractivity contribution >= 4 is 29.4 Å². The van der Waals surface area contributed by atoms with E-state index in [-0.39, 0.29) is 24.5 Å². The summed E-state index contributed by atoms with van der Waals surface area (Å²) in [6.45, 7) is 3.14. The third kappa shape index (κ3) is 5.86. The van der Waals surface area contributed by atoms with Gasteiger partial charge < -0.3 is 9.47 Å². The summed E-state index contributed by atoms with van der Waals surface area (Å²) in [6, 6.07) is 12.6. The molecular weight excluding hydrogens is 450 g/mol. The standard InChI is InChI=1S/C22H22ClN5O5/c1-14-22(28(30)31)15(2)27(26-14)12-21(29)25-24-11-16-8-9-19(20(10-16)32-3)33-13-17-6-4-5-7-18(17)23/h4-11H,12-13H2,1-3H3,(H,25,29)/b24-11+. The second-order valence-corrected chi connectivity index (χ2v) is 7.42. The number of nitro groups is 1. The number of methoxy groups -OCH3 is 1. The maximum Gasteiger partial charge on any atom is 0.312 e. The maximum absolute atomic E-state index is 12.2. The molecule has 1 amide bonds. The molecule has 11 heteroatoms. The Labute approximate surface area is 194 Å². The van der Waals surface area contributed by atoms with E-state index < -0.39 is 10.8 Å². The number of nitrogens with one attached hydrogen (secondary N) is 1. The molecule has 172 valence electrons. The number of nitrogens with zero attached hydrogens (tertiary/aromatic N) is 4. The van der Waals surface area contributed by atoms with Gasteiger partial charge in [-0.25, -0.2) is 5.43 Å². The number of benzene rings is 2. The summed E-state index contributed by atoms with van der Waals surface area (Å²) < 4.78 is 12.5. The molecular formula is C22H22ClN5O5. The molecule has 0 aliphatic rings. The smallest absolute Gasteiger partial charge is 0.312 e. The summed E-state index contributed by atoms with van der Waals surface area (Å²) in [4.78, 5) is 22.7. The molecule has 0 aliphatic carbocycles. The van der Waals surface area contributed by atoms with E-state index in [2.05, 4.69) is 15.6 Å². The van der Waals surface area contributed by atoms with Crippen LogP contribution in [0.4, 0.5) is 5.69 Å². The SMILES string of the molecule is COc1cc(/C=N/NC(=O)Cn2nc(C)c([N+](=O)[O-])c2C)ccc1OCc1ccccc1Cl. The minimum atomic E-state index is -0.514. The fraction of sp³-hybridized carbons (Fsp3) is 0.227. The quantitative estimate of drug-likeness (QED) is 0.288. The topological polar surface area (TPSA) is 121 Å². The molecule has 10 nitrogen and oxygen atoms in total. The first-order valence-corrected chi connectivity index (χ1v) is 10.2. The molecule has 0 atom stereocenters. The van der Waals surface area contributed by atoms with Crippen LogP contribution in [0.1, 0.15) is 22.5 Å². The summed E-state index contributed by atoms with van der Waals surface area (Å²) >= 11 is 6.16. The number of hydrogen-bond acceptors (Lipinski definition) is 7. The van der Waals surface area contributed by atoms with E-state index in [0.29, 0.717) is 27.8 Å². The van der Waals surface area contributed by atoms with Crippen LogP contribution in [0, 0.1) is 24.0 Å². The van der Waals surface area contributed by atoms with Gasteiger partial charge in [-0.1, -0.05) is 29.8 Å². The molecule has 0 fully saturated rings. The highest BCUT2D eigenvalue weighted by Gasteiger charge is 2.22. The molecule has 0 radical (unpaired) electrons. The lowest BCUT2D eigenvalue weighted by Gasteiger charge is -2.12. The summed E-state index contributed by atoms with van der Waals surface area (Å²) in [5, 5.41) is 19.7. The number of rotatable bonds is 9. The highest BCUT2D eigenvalue weighted by Crippen LogP contribution is 2.29. The van der Waals surface area contributed by atoms with Gasteiger partial charge in [-0.05, 0) is 43.7 Å². The predicted octanol–water partition coefficient (Wildman–Crippen LogP) is 3.80. The number of hydrogen-bond donors (Lipinski definition) is 1. The molecule has 0 aliphatic heterocycles. The normalized spacial score (nSPS) is 10.9. The van der Waals surface area contributed by atoms with Crippen LogP contribution in [0.15, 0.2) is 47.6 Å². The van der Waals surface area contributed by atoms with Gasteiger partial charge in [0.1, 0.15) is 24.5 Å². The van der Waals surface area contributed by atoms with Crippen molar-refractivity contribution in [2.45, 2.75) is 27.0 Å². The summed E-state index contributed by atoms with van der Waals surface area (Å²) in [6.07, 6.45) is 1.45. The van der Waals surface area contributed by atoms with E-state index in [1.54, 1.807) is 24.3 Å². The van der Waals surface area contributed by atoms with E-state index in [9.17, 15) is 14.9 Å². The van der Waals surface area contributed by atoms with E-state index in [1.807, 2.05) is 18.2 Å². The number of amides is 1. The Hall–Kier alpha value is -3.92. The van der Waals surface area contributed by atoms with Crippen molar-refractivity contribution in [2.75, 3.05) is 7.11 Å². The monoisotopic (exact) mass is 471 g/mol. The van der Waals surface area contributed by atoms with Gasteiger partial charge in [-0.15, -0.1) is 0 Å². The second kappa shape index (κ2) is 10.6. The molecule has 0 bridgehead atoms. The van der Waals surface area contributed by atoms with Crippen molar-refractivity contribution < 1.29 is 19.2 Å². The van der Waals surface area contributed by atoms with Crippen LogP contribution in [-0.4, -0.2) is 33.9 Å². The first-order valence-electron chi connectivity index (χ1n) is 9.84. The van der Waals surface area contributed by atoms with Gasteiger partial charge in [0.25, 0.3) is 5.91 Å². The van der Waals surface area contributed by atoms with Crippen molar-refractivity contribution in [3.8, 4) is 11.5 Å². The molecule has 0 saturated heterocycles. The summed E-state index contributed by atoms with van der Waals surface area (Å²) in [5.74, 6) is 0.551. The number of aryl methyl sites for hydroxylation is 1. The summed E-state index contributed by atoms with van der Waals surface area (Å²) in [7, 11) is 1.52. The number of ether oxygens (including phenoxy) is 2.